The van der Waals surface area contributed by atoms with Crippen molar-refractivity contribution < 1.29 is 14.4 Å². The van der Waals surface area contributed by atoms with Crippen molar-refractivity contribution in [2.75, 3.05) is 19.6 Å². The van der Waals surface area contributed by atoms with Crippen LogP contribution in [0.2, 0.25) is 0 Å². The van der Waals surface area contributed by atoms with Crippen molar-refractivity contribution in [3.8, 4) is 0 Å². The van der Waals surface area contributed by atoms with Crippen molar-refractivity contribution >= 4 is 30.1 Å². The molecule has 2 heterocycles. The summed E-state index contributed by atoms with van der Waals surface area (Å²) >= 11 is 0. The van der Waals surface area contributed by atoms with Gasteiger partial charge >= 0.3 is 0 Å². The van der Waals surface area contributed by atoms with E-state index in [1.807, 2.05) is 30.3 Å². The molecule has 1 fully saturated rings. The zero-order chi connectivity index (χ0) is 18.3. The van der Waals surface area contributed by atoms with Gasteiger partial charge in [-0.3, -0.25) is 19.3 Å². The molecule has 7 heteroatoms. The average molecular weight is 386 g/mol. The first-order valence-electron chi connectivity index (χ1n) is 8.60. The Morgan fingerprint density at radius 2 is 1.48 bits per heavy atom. The van der Waals surface area contributed by atoms with Crippen LogP contribution in [0.1, 0.15) is 32.2 Å². The molecule has 1 saturated heterocycles. The molecule has 6 nitrogen and oxygen atoms in total. The van der Waals surface area contributed by atoms with Crippen molar-refractivity contribution in [3.63, 3.8) is 0 Å². The molecule has 0 aromatic heterocycles. The molecule has 2 N–H and O–H groups in total. The van der Waals surface area contributed by atoms with Gasteiger partial charge in [0.1, 0.15) is 6.54 Å². The summed E-state index contributed by atoms with van der Waals surface area (Å²) in [5, 5.41) is 0. The van der Waals surface area contributed by atoms with Gasteiger partial charge in [0.15, 0.2) is 0 Å². The number of hydrogen-bond donors (Lipinski definition) is 1. The molecule has 0 saturated carbocycles. The van der Waals surface area contributed by atoms with Crippen LogP contribution in [0.4, 0.5) is 0 Å². The third-order valence-corrected chi connectivity index (χ3v) is 5.12. The van der Waals surface area contributed by atoms with Gasteiger partial charge in [0.2, 0.25) is 5.91 Å². The smallest absolute Gasteiger partial charge is 0.262 e. The molecule has 0 aliphatic carbocycles. The molecule has 0 bridgehead atoms. The van der Waals surface area contributed by atoms with Gasteiger partial charge in [-0.2, -0.15) is 0 Å². The minimum atomic E-state index is -0.415. The molecule has 2 aliphatic heterocycles. The van der Waals surface area contributed by atoms with Gasteiger partial charge in [-0.15, -0.1) is 12.4 Å². The molecule has 0 radical (unpaired) electrons. The van der Waals surface area contributed by atoms with E-state index in [1.165, 1.54) is 0 Å². The van der Waals surface area contributed by atoms with Crippen LogP contribution in [0.25, 0.3) is 0 Å². The van der Waals surface area contributed by atoms with Gasteiger partial charge in [0.25, 0.3) is 11.8 Å². The highest BCUT2D eigenvalue weighted by atomic mass is 35.5. The van der Waals surface area contributed by atoms with Gasteiger partial charge in [0, 0.05) is 25.0 Å². The number of amides is 3. The van der Waals surface area contributed by atoms with Crippen molar-refractivity contribution in [1.29, 1.82) is 0 Å². The Hall–Kier alpha value is -2.70. The topological polar surface area (TPSA) is 83.7 Å². The second-order valence-corrected chi connectivity index (χ2v) is 6.72. The normalized spacial score (nSPS) is 21.2. The third-order valence-electron chi connectivity index (χ3n) is 5.12. The zero-order valence-electron chi connectivity index (χ0n) is 14.6. The number of carbonyl (C=O) groups is 3. The predicted molar refractivity (Wildman–Crippen MR) is 103 cm³/mol. The van der Waals surface area contributed by atoms with Crippen LogP contribution in [-0.4, -0.2) is 53.2 Å². The monoisotopic (exact) mass is 385 g/mol. The number of nitrogens with zero attached hydrogens (tertiary/aromatic N) is 2. The lowest BCUT2D eigenvalue weighted by Gasteiger charge is -2.20. The lowest BCUT2D eigenvalue weighted by atomic mass is 9.95. The standard InChI is InChI=1S/C20H19N3O3.ClH/c21-17-11-22(10-16(17)13-6-2-1-3-7-13)18(24)12-23-19(25)14-8-4-5-9-15(14)20(23)26;/h1-9,16-17H,10-12,21H2;1H/t16-,17+;/m0./s1. The predicted octanol–water partition coefficient (Wildman–Crippen LogP) is 1.66. The molecule has 4 rings (SSSR count). The summed E-state index contributed by atoms with van der Waals surface area (Å²) in [4.78, 5) is 40.2. The summed E-state index contributed by atoms with van der Waals surface area (Å²) in [6.07, 6.45) is 0. The molecule has 3 amide bonds. The summed E-state index contributed by atoms with van der Waals surface area (Å²) in [5.41, 5.74) is 8.03. The van der Waals surface area contributed by atoms with Gasteiger partial charge in [0.05, 0.1) is 11.1 Å². The summed E-state index contributed by atoms with van der Waals surface area (Å²) in [5.74, 6) is -1.03. The Bertz CT molecular complexity index is 852. The molecule has 2 aromatic carbocycles. The van der Waals surface area contributed by atoms with Gasteiger partial charge in [-0.1, -0.05) is 42.5 Å². The Morgan fingerprint density at radius 1 is 0.926 bits per heavy atom. The van der Waals surface area contributed by atoms with E-state index in [0.29, 0.717) is 24.2 Å². The maximum absolute atomic E-state index is 12.7. The summed E-state index contributed by atoms with van der Waals surface area (Å²) < 4.78 is 0. The number of carbonyl (C=O) groups excluding carboxylic acids is 3. The minimum absolute atomic E-state index is 0. The SMILES string of the molecule is Cl.N[C@@H]1CN(C(=O)CN2C(=O)c3ccccc3C2=O)C[C@H]1c1ccccc1. The Morgan fingerprint density at radius 3 is 2.07 bits per heavy atom. The number of halogens is 1. The van der Waals surface area contributed by atoms with E-state index in [2.05, 4.69) is 0 Å². The molecule has 140 valence electrons. The Kier molecular flexibility index (Phi) is 5.30. The molecule has 2 aromatic rings. The fourth-order valence-electron chi connectivity index (χ4n) is 3.70. The van der Waals surface area contributed by atoms with Crippen LogP contribution in [0.3, 0.4) is 0 Å². The fraction of sp³-hybridized carbons (Fsp3) is 0.250. The van der Waals surface area contributed by atoms with E-state index in [0.717, 1.165) is 10.5 Å². The molecule has 0 unspecified atom stereocenters. The first kappa shape index (κ1) is 19.1. The van der Waals surface area contributed by atoms with Crippen molar-refractivity contribution in [2.24, 2.45) is 5.73 Å². The van der Waals surface area contributed by atoms with E-state index in [1.54, 1.807) is 29.2 Å². The lowest BCUT2D eigenvalue weighted by molar-refractivity contribution is -0.130. The van der Waals surface area contributed by atoms with Crippen LogP contribution in [0, 0.1) is 0 Å². The Labute approximate surface area is 163 Å². The summed E-state index contributed by atoms with van der Waals surface area (Å²) in [6.45, 7) is 0.662. The molecule has 2 atom stereocenters. The van der Waals surface area contributed by atoms with Crippen LogP contribution < -0.4 is 5.73 Å². The molecule has 0 spiro atoms. The number of rotatable bonds is 3. The van der Waals surface area contributed by atoms with Crippen LogP contribution >= 0.6 is 12.4 Å². The van der Waals surface area contributed by atoms with E-state index in [9.17, 15) is 14.4 Å². The second kappa shape index (κ2) is 7.50. The summed E-state index contributed by atoms with van der Waals surface area (Å²) in [7, 11) is 0. The van der Waals surface area contributed by atoms with E-state index >= 15 is 0 Å². The molecule has 27 heavy (non-hydrogen) atoms. The lowest BCUT2D eigenvalue weighted by Crippen LogP contribution is -2.42. The molecule has 2 aliphatic rings. The third kappa shape index (κ3) is 3.34. The zero-order valence-corrected chi connectivity index (χ0v) is 15.4. The largest absolute Gasteiger partial charge is 0.339 e. The number of fused-ring (bicyclic) bond motifs is 1. The van der Waals surface area contributed by atoms with Gasteiger partial charge in [-0.05, 0) is 17.7 Å². The van der Waals surface area contributed by atoms with E-state index < -0.39 is 11.8 Å². The summed E-state index contributed by atoms with van der Waals surface area (Å²) in [6, 6.07) is 16.3. The van der Waals surface area contributed by atoms with Crippen LogP contribution in [0.5, 0.6) is 0 Å². The number of benzene rings is 2. The number of hydrogen-bond acceptors (Lipinski definition) is 4. The van der Waals surface area contributed by atoms with Crippen LogP contribution in [0.15, 0.2) is 54.6 Å². The van der Waals surface area contributed by atoms with Crippen LogP contribution in [-0.2, 0) is 4.79 Å². The maximum atomic E-state index is 12.7. The van der Waals surface area contributed by atoms with Crippen molar-refractivity contribution in [1.82, 2.24) is 9.80 Å². The Balaban J connectivity index is 0.00000210. The second-order valence-electron chi connectivity index (χ2n) is 6.72. The van der Waals surface area contributed by atoms with Gasteiger partial charge < -0.3 is 10.6 Å². The highest BCUT2D eigenvalue weighted by molar-refractivity contribution is 6.22. The number of nitrogens with two attached hydrogens (primary N) is 1. The number of imide groups is 1. The fourth-order valence-corrected chi connectivity index (χ4v) is 3.70. The van der Waals surface area contributed by atoms with Crippen molar-refractivity contribution in [2.45, 2.75) is 12.0 Å². The maximum Gasteiger partial charge on any atom is 0.262 e. The average Bonchev–Trinajstić information content (AvgIpc) is 3.17. The highest BCUT2D eigenvalue weighted by Crippen LogP contribution is 2.27. The first-order valence-corrected chi connectivity index (χ1v) is 8.60. The van der Waals surface area contributed by atoms with Gasteiger partial charge in [-0.25, -0.2) is 0 Å². The first-order chi connectivity index (χ1) is 12.6. The quantitative estimate of drug-likeness (QED) is 0.814. The molecular formula is C20H20ClN3O3. The minimum Gasteiger partial charge on any atom is -0.339 e. The van der Waals surface area contributed by atoms with Crippen molar-refractivity contribution in [3.05, 3.63) is 71.3 Å². The van der Waals surface area contributed by atoms with E-state index in [4.69, 9.17) is 5.73 Å². The highest BCUT2D eigenvalue weighted by Gasteiger charge is 2.39. The number of likely N-dealkylation sites (tertiary alicyclic amines) is 1. The van der Waals surface area contributed by atoms with E-state index in [-0.39, 0.29) is 36.8 Å². The molecular weight excluding hydrogens is 366 g/mol.